The largest absolute Gasteiger partial charge is 0.484 e. The van der Waals surface area contributed by atoms with Crippen molar-refractivity contribution in [1.29, 1.82) is 0 Å². The van der Waals surface area contributed by atoms with Gasteiger partial charge in [-0.1, -0.05) is 36.7 Å². The first-order chi connectivity index (χ1) is 11.7. The zero-order valence-electron chi connectivity index (χ0n) is 13.3. The third-order valence-electron chi connectivity index (χ3n) is 3.64. The standard InChI is InChI=1S/C18H18ClN3O2/c1-2-13-5-3-6-15(9-13)24-12-18(23)20-10-14-11-22-16(19)7-4-8-17(22)21-14/h3-9,11H,2,10,12H2,1H3,(H,20,23). The van der Waals surface area contributed by atoms with Crippen molar-refractivity contribution in [1.82, 2.24) is 14.7 Å². The summed E-state index contributed by atoms with van der Waals surface area (Å²) in [6, 6.07) is 13.2. The van der Waals surface area contributed by atoms with Crippen molar-refractivity contribution in [3.8, 4) is 5.75 Å². The molecule has 1 N–H and O–H groups in total. The molecule has 0 spiro atoms. The monoisotopic (exact) mass is 343 g/mol. The fraction of sp³-hybridized carbons (Fsp3) is 0.222. The number of rotatable bonds is 6. The minimum atomic E-state index is -0.194. The fourth-order valence-corrected chi connectivity index (χ4v) is 2.57. The molecule has 0 radical (unpaired) electrons. The minimum Gasteiger partial charge on any atom is -0.484 e. The van der Waals surface area contributed by atoms with Crippen LogP contribution in [0.3, 0.4) is 0 Å². The molecule has 0 aliphatic heterocycles. The van der Waals surface area contributed by atoms with Crippen LogP contribution in [0.2, 0.25) is 5.15 Å². The van der Waals surface area contributed by atoms with Gasteiger partial charge in [-0.25, -0.2) is 4.98 Å². The van der Waals surface area contributed by atoms with Crippen LogP contribution >= 0.6 is 11.6 Å². The molecule has 2 heterocycles. The summed E-state index contributed by atoms with van der Waals surface area (Å²) in [4.78, 5) is 16.3. The van der Waals surface area contributed by atoms with Crippen molar-refractivity contribution in [2.75, 3.05) is 6.61 Å². The Kier molecular flexibility index (Phi) is 5.01. The number of amides is 1. The molecule has 3 aromatic rings. The van der Waals surface area contributed by atoms with Crippen LogP contribution in [0.4, 0.5) is 0 Å². The number of carbonyl (C=O) groups excluding carboxylic acids is 1. The number of carbonyl (C=O) groups is 1. The van der Waals surface area contributed by atoms with Gasteiger partial charge in [-0.15, -0.1) is 0 Å². The van der Waals surface area contributed by atoms with Gasteiger partial charge in [0.1, 0.15) is 16.5 Å². The van der Waals surface area contributed by atoms with E-state index in [1.807, 2.05) is 42.6 Å². The van der Waals surface area contributed by atoms with Crippen LogP contribution in [-0.2, 0) is 17.8 Å². The number of aromatic nitrogens is 2. The molecule has 5 nitrogen and oxygen atoms in total. The second-order valence-corrected chi connectivity index (χ2v) is 5.76. The molecule has 2 aromatic heterocycles. The third kappa shape index (κ3) is 3.86. The van der Waals surface area contributed by atoms with Crippen molar-refractivity contribution in [2.45, 2.75) is 19.9 Å². The number of nitrogens with zero attached hydrogens (tertiary/aromatic N) is 2. The Morgan fingerprint density at radius 3 is 2.92 bits per heavy atom. The lowest BCUT2D eigenvalue weighted by molar-refractivity contribution is -0.123. The molecule has 6 heteroatoms. The zero-order valence-corrected chi connectivity index (χ0v) is 14.1. The number of benzene rings is 1. The van der Waals surface area contributed by atoms with Crippen molar-refractivity contribution in [2.24, 2.45) is 0 Å². The number of hydrogen-bond donors (Lipinski definition) is 1. The van der Waals surface area contributed by atoms with Crippen LogP contribution in [0.5, 0.6) is 5.75 Å². The summed E-state index contributed by atoms with van der Waals surface area (Å²) < 4.78 is 7.29. The molecule has 1 aromatic carbocycles. The summed E-state index contributed by atoms with van der Waals surface area (Å²) in [6.45, 7) is 2.38. The molecule has 0 saturated carbocycles. The average Bonchev–Trinajstić information content (AvgIpc) is 3.03. The molecule has 0 saturated heterocycles. The summed E-state index contributed by atoms with van der Waals surface area (Å²) in [7, 11) is 0. The fourth-order valence-electron chi connectivity index (χ4n) is 2.36. The van der Waals surface area contributed by atoms with Crippen LogP contribution in [0.15, 0.2) is 48.7 Å². The highest BCUT2D eigenvalue weighted by atomic mass is 35.5. The van der Waals surface area contributed by atoms with E-state index in [4.69, 9.17) is 16.3 Å². The van der Waals surface area contributed by atoms with E-state index in [0.717, 1.165) is 17.8 Å². The van der Waals surface area contributed by atoms with Gasteiger partial charge in [0.25, 0.3) is 5.91 Å². The number of ether oxygens (including phenoxy) is 1. The van der Waals surface area contributed by atoms with E-state index in [9.17, 15) is 4.79 Å². The first-order valence-electron chi connectivity index (χ1n) is 7.76. The Balaban J connectivity index is 1.54. The normalized spacial score (nSPS) is 10.8. The number of nitrogens with one attached hydrogen (secondary N) is 1. The quantitative estimate of drug-likeness (QED) is 0.699. The van der Waals surface area contributed by atoms with Crippen molar-refractivity contribution in [3.05, 3.63) is 65.1 Å². The highest BCUT2D eigenvalue weighted by Crippen LogP contribution is 2.14. The smallest absolute Gasteiger partial charge is 0.258 e. The maximum atomic E-state index is 11.9. The number of imidazole rings is 1. The molecule has 24 heavy (non-hydrogen) atoms. The van der Waals surface area contributed by atoms with E-state index in [1.165, 1.54) is 5.56 Å². The second-order valence-electron chi connectivity index (χ2n) is 5.38. The van der Waals surface area contributed by atoms with Crippen LogP contribution in [0, 0.1) is 0 Å². The van der Waals surface area contributed by atoms with E-state index in [1.54, 1.807) is 10.5 Å². The molecule has 0 atom stereocenters. The molecule has 1 amide bonds. The molecule has 3 rings (SSSR count). The summed E-state index contributed by atoms with van der Waals surface area (Å²) in [5.74, 6) is 0.504. The maximum Gasteiger partial charge on any atom is 0.258 e. The Morgan fingerprint density at radius 2 is 2.12 bits per heavy atom. The third-order valence-corrected chi connectivity index (χ3v) is 3.94. The Hall–Kier alpha value is -2.53. The molecule has 0 aliphatic carbocycles. The number of aryl methyl sites for hydroxylation is 1. The van der Waals surface area contributed by atoms with Crippen molar-refractivity contribution < 1.29 is 9.53 Å². The zero-order chi connectivity index (χ0) is 16.9. The summed E-state index contributed by atoms with van der Waals surface area (Å²) in [6.07, 6.45) is 2.74. The molecular formula is C18H18ClN3O2. The predicted octanol–water partition coefficient (Wildman–Crippen LogP) is 3.25. The number of hydrogen-bond acceptors (Lipinski definition) is 3. The molecule has 124 valence electrons. The van der Waals surface area contributed by atoms with E-state index in [-0.39, 0.29) is 12.5 Å². The van der Waals surface area contributed by atoms with Gasteiger partial charge in [0, 0.05) is 6.20 Å². The van der Waals surface area contributed by atoms with Gasteiger partial charge in [-0.2, -0.15) is 0 Å². The van der Waals surface area contributed by atoms with Crippen molar-refractivity contribution in [3.63, 3.8) is 0 Å². The molecule has 0 unspecified atom stereocenters. The van der Waals surface area contributed by atoms with Gasteiger partial charge < -0.3 is 10.1 Å². The lowest BCUT2D eigenvalue weighted by Crippen LogP contribution is -2.28. The Labute approximate surface area is 145 Å². The lowest BCUT2D eigenvalue weighted by atomic mass is 10.2. The van der Waals surface area contributed by atoms with Gasteiger partial charge in [-0.3, -0.25) is 9.20 Å². The van der Waals surface area contributed by atoms with Gasteiger partial charge in [-0.05, 0) is 36.2 Å². The van der Waals surface area contributed by atoms with Gasteiger partial charge in [0.2, 0.25) is 0 Å². The molecule has 0 bridgehead atoms. The molecular weight excluding hydrogens is 326 g/mol. The Morgan fingerprint density at radius 1 is 1.29 bits per heavy atom. The first-order valence-corrected chi connectivity index (χ1v) is 8.14. The van der Waals surface area contributed by atoms with Crippen molar-refractivity contribution >= 4 is 23.2 Å². The average molecular weight is 344 g/mol. The minimum absolute atomic E-state index is 0.0265. The van der Waals surface area contributed by atoms with Crippen LogP contribution in [-0.4, -0.2) is 21.9 Å². The number of halogens is 1. The first kappa shape index (κ1) is 16.3. The predicted molar refractivity (Wildman–Crippen MR) is 93.4 cm³/mol. The summed E-state index contributed by atoms with van der Waals surface area (Å²) in [5.41, 5.74) is 2.67. The maximum absolute atomic E-state index is 11.9. The van der Waals surface area contributed by atoms with E-state index >= 15 is 0 Å². The van der Waals surface area contributed by atoms with Gasteiger partial charge in [0.15, 0.2) is 6.61 Å². The Bertz CT molecular complexity index is 860. The van der Waals surface area contributed by atoms with Gasteiger partial charge in [0.05, 0.1) is 12.2 Å². The SMILES string of the molecule is CCc1cccc(OCC(=O)NCc2cn3c(Cl)cccc3n2)c1. The lowest BCUT2D eigenvalue weighted by Gasteiger charge is -2.07. The van der Waals surface area contributed by atoms with E-state index in [2.05, 4.69) is 17.2 Å². The highest BCUT2D eigenvalue weighted by Gasteiger charge is 2.07. The van der Waals surface area contributed by atoms with Crippen LogP contribution < -0.4 is 10.1 Å². The second kappa shape index (κ2) is 7.36. The van der Waals surface area contributed by atoms with E-state index < -0.39 is 0 Å². The van der Waals surface area contributed by atoms with E-state index in [0.29, 0.717) is 17.4 Å². The summed E-state index contributed by atoms with van der Waals surface area (Å²) >= 11 is 6.09. The summed E-state index contributed by atoms with van der Waals surface area (Å²) in [5, 5.41) is 3.38. The number of pyridine rings is 1. The van der Waals surface area contributed by atoms with Gasteiger partial charge >= 0.3 is 0 Å². The molecule has 0 aliphatic rings. The highest BCUT2D eigenvalue weighted by molar-refractivity contribution is 6.29. The van der Waals surface area contributed by atoms with Crippen LogP contribution in [0.1, 0.15) is 18.2 Å². The molecule has 0 fully saturated rings. The number of fused-ring (bicyclic) bond motifs is 1. The van der Waals surface area contributed by atoms with Crippen LogP contribution in [0.25, 0.3) is 5.65 Å². The topological polar surface area (TPSA) is 55.6 Å².